The smallest absolute Gasteiger partial charge is 0.166 e. The molecule has 0 atom stereocenters. The van der Waals surface area contributed by atoms with Gasteiger partial charge in [0.1, 0.15) is 0 Å². The first-order valence-corrected chi connectivity index (χ1v) is 10.8. The van der Waals surface area contributed by atoms with Gasteiger partial charge in [-0.3, -0.25) is 0 Å². The summed E-state index contributed by atoms with van der Waals surface area (Å²) in [6.45, 7) is 6.76. The SMILES string of the molecule is CC.CCCCOC1=Cc2c(cc(CCC3CC[CH-]CC3)c(F)c2F)CC1.[Pr]. The van der Waals surface area contributed by atoms with Crippen molar-refractivity contribution in [3.63, 3.8) is 0 Å². The van der Waals surface area contributed by atoms with Crippen molar-refractivity contribution in [3.8, 4) is 0 Å². The van der Waals surface area contributed by atoms with Gasteiger partial charge in [0.25, 0.3) is 0 Å². The van der Waals surface area contributed by atoms with Crippen LogP contribution in [0.4, 0.5) is 8.78 Å². The summed E-state index contributed by atoms with van der Waals surface area (Å²) in [5.41, 5.74) is 1.87. The topological polar surface area (TPSA) is 9.23 Å². The molecule has 2 aliphatic rings. The second-order valence-electron chi connectivity index (χ2n) is 7.40. The van der Waals surface area contributed by atoms with Gasteiger partial charge in [0.05, 0.1) is 12.4 Å². The number of allylic oxidation sites excluding steroid dienone is 1. The molecule has 1 saturated carbocycles. The predicted molar refractivity (Wildman–Crippen MR) is 109 cm³/mol. The van der Waals surface area contributed by atoms with Crippen LogP contribution >= 0.6 is 0 Å². The Labute approximate surface area is 203 Å². The van der Waals surface area contributed by atoms with Gasteiger partial charge in [-0.2, -0.15) is 12.8 Å². The number of benzene rings is 1. The molecule has 28 heavy (non-hydrogen) atoms. The minimum atomic E-state index is -0.694. The Hall–Kier alpha value is -0.0164. The molecule has 0 amide bonds. The zero-order chi connectivity index (χ0) is 19.6. The van der Waals surface area contributed by atoms with Gasteiger partial charge >= 0.3 is 0 Å². The van der Waals surface area contributed by atoms with Crippen molar-refractivity contribution < 1.29 is 54.8 Å². The first-order chi connectivity index (χ1) is 13.2. The molecule has 0 N–H and O–H groups in total. The molecule has 155 valence electrons. The fourth-order valence-corrected chi connectivity index (χ4v) is 3.89. The third kappa shape index (κ3) is 7.35. The summed E-state index contributed by atoms with van der Waals surface area (Å²) in [4.78, 5) is 0. The van der Waals surface area contributed by atoms with Crippen molar-refractivity contribution in [1.29, 1.82) is 0 Å². The number of aryl methyl sites for hydroxylation is 2. The van der Waals surface area contributed by atoms with Crippen LogP contribution in [0.1, 0.15) is 88.8 Å². The van der Waals surface area contributed by atoms with Crippen molar-refractivity contribution in [2.45, 2.75) is 85.0 Å². The summed E-state index contributed by atoms with van der Waals surface area (Å²) < 4.78 is 34.8. The van der Waals surface area contributed by atoms with Crippen molar-refractivity contribution in [1.82, 2.24) is 0 Å². The minimum Gasteiger partial charge on any atom is -0.498 e. The monoisotopic (exact) mass is 518 g/mol. The first-order valence-electron chi connectivity index (χ1n) is 10.8. The molecular formula is C24H35F2OPr-. The molecule has 1 aromatic rings. The van der Waals surface area contributed by atoms with E-state index in [1.165, 1.54) is 12.8 Å². The molecular weight excluding hydrogens is 483 g/mol. The Bertz CT molecular complexity index is 622. The van der Waals surface area contributed by atoms with Crippen molar-refractivity contribution in [2.24, 2.45) is 5.92 Å². The quantitative estimate of drug-likeness (QED) is 0.270. The van der Waals surface area contributed by atoms with E-state index >= 15 is 0 Å². The molecule has 0 unspecified atom stereocenters. The molecule has 3 rings (SSSR count). The molecule has 1 aromatic carbocycles. The maximum atomic E-state index is 14.6. The number of hydrogen-bond donors (Lipinski definition) is 0. The van der Waals surface area contributed by atoms with Gasteiger partial charge in [0, 0.05) is 53.3 Å². The first kappa shape index (κ1) is 26.0. The van der Waals surface area contributed by atoms with Gasteiger partial charge < -0.3 is 11.2 Å². The van der Waals surface area contributed by atoms with E-state index in [9.17, 15) is 8.78 Å². The Morgan fingerprint density at radius 3 is 2.50 bits per heavy atom. The van der Waals surface area contributed by atoms with Crippen LogP contribution in [-0.2, 0) is 17.6 Å². The van der Waals surface area contributed by atoms with Crippen LogP contribution in [-0.4, -0.2) is 6.61 Å². The molecule has 0 aromatic heterocycles. The van der Waals surface area contributed by atoms with Gasteiger partial charge in [0.15, 0.2) is 11.6 Å². The maximum Gasteiger partial charge on any atom is 0.166 e. The Morgan fingerprint density at radius 2 is 1.82 bits per heavy atom. The van der Waals surface area contributed by atoms with Gasteiger partial charge in [-0.1, -0.05) is 46.1 Å². The Morgan fingerprint density at radius 1 is 1.11 bits per heavy atom. The fraction of sp³-hybridized carbons (Fsp3) is 0.625. The van der Waals surface area contributed by atoms with E-state index in [2.05, 4.69) is 13.3 Å². The van der Waals surface area contributed by atoms with Crippen molar-refractivity contribution in [3.05, 3.63) is 46.6 Å². The molecule has 4 heteroatoms. The molecule has 2 aliphatic carbocycles. The van der Waals surface area contributed by atoms with Gasteiger partial charge in [-0.15, -0.1) is 0 Å². The Kier molecular flexibility index (Phi) is 13.1. The third-order valence-corrected chi connectivity index (χ3v) is 5.52. The molecule has 0 heterocycles. The van der Waals surface area contributed by atoms with Gasteiger partial charge in [0.2, 0.25) is 0 Å². The molecule has 1 nitrogen and oxygen atoms in total. The summed E-state index contributed by atoms with van der Waals surface area (Å²) in [6, 6.07) is 1.89. The Balaban J connectivity index is 0.00000127. The number of ether oxygens (including phenoxy) is 1. The number of hydrogen-bond acceptors (Lipinski definition) is 1. The summed E-state index contributed by atoms with van der Waals surface area (Å²) in [7, 11) is 0. The minimum absolute atomic E-state index is 0. The molecule has 0 aliphatic heterocycles. The summed E-state index contributed by atoms with van der Waals surface area (Å²) in [5.74, 6) is 0.0837. The second-order valence-corrected chi connectivity index (χ2v) is 7.40. The standard InChI is InChI=1S/C22H29F2O.C2H6.Pr/c1-2-3-13-25-19-12-11-17-14-18(21(23)22(24)20(17)15-19)10-9-16-7-5-4-6-8-16;1-2;/h4,14-16H,2-3,5-13H2,1H3;1-2H3;/q-1;;. The zero-order valence-corrected chi connectivity index (χ0v) is 21.5. The van der Waals surface area contributed by atoms with Crippen molar-refractivity contribution in [2.75, 3.05) is 6.61 Å². The zero-order valence-electron chi connectivity index (χ0n) is 17.8. The van der Waals surface area contributed by atoms with E-state index in [0.717, 1.165) is 56.3 Å². The van der Waals surface area contributed by atoms with E-state index < -0.39 is 11.6 Å². The fourth-order valence-electron chi connectivity index (χ4n) is 3.89. The number of fused-ring (bicyclic) bond motifs is 1. The normalized spacial score (nSPS) is 16.2. The van der Waals surface area contributed by atoms with Crippen LogP contribution in [0.15, 0.2) is 11.8 Å². The average Bonchev–Trinajstić information content (AvgIpc) is 2.72. The largest absolute Gasteiger partial charge is 0.498 e. The van der Waals surface area contributed by atoms with Crippen LogP contribution in [0.2, 0.25) is 0 Å². The van der Waals surface area contributed by atoms with E-state index in [4.69, 9.17) is 4.74 Å². The van der Waals surface area contributed by atoms with E-state index in [0.29, 0.717) is 30.1 Å². The average molecular weight is 518 g/mol. The number of unbranched alkanes of at least 4 members (excludes halogenated alkanes) is 1. The van der Waals surface area contributed by atoms with E-state index in [1.54, 1.807) is 6.08 Å². The van der Waals surface area contributed by atoms with Crippen molar-refractivity contribution >= 4 is 6.08 Å². The summed E-state index contributed by atoms with van der Waals surface area (Å²) >= 11 is 0. The van der Waals surface area contributed by atoms with Crippen LogP contribution in [0.3, 0.4) is 0 Å². The van der Waals surface area contributed by atoms with E-state index in [-0.39, 0.29) is 41.3 Å². The van der Waals surface area contributed by atoms with Gasteiger partial charge in [-0.05, 0) is 48.8 Å². The predicted octanol–water partition coefficient (Wildman–Crippen LogP) is 7.42. The molecule has 0 bridgehead atoms. The second kappa shape index (κ2) is 14.1. The summed E-state index contributed by atoms with van der Waals surface area (Å²) in [6.07, 6.45) is 13.9. The molecule has 0 saturated heterocycles. The van der Waals surface area contributed by atoms with Gasteiger partial charge in [-0.25, -0.2) is 8.78 Å². The third-order valence-electron chi connectivity index (χ3n) is 5.52. The molecule has 0 spiro atoms. The van der Waals surface area contributed by atoms with Crippen LogP contribution in [0.5, 0.6) is 0 Å². The molecule has 1 radical (unpaired) electrons. The van der Waals surface area contributed by atoms with E-state index in [1.807, 2.05) is 19.9 Å². The number of halogens is 2. The van der Waals surface area contributed by atoms with Crippen LogP contribution < -0.4 is 0 Å². The maximum absolute atomic E-state index is 14.6. The summed E-state index contributed by atoms with van der Waals surface area (Å²) in [5, 5.41) is 0. The van der Waals surface area contributed by atoms with Crippen LogP contribution in [0.25, 0.3) is 6.08 Å². The van der Waals surface area contributed by atoms with Crippen LogP contribution in [0, 0.1) is 65.3 Å². The number of rotatable bonds is 7. The molecule has 1 fully saturated rings.